The molecule has 0 aliphatic carbocycles. The van der Waals surface area contributed by atoms with Crippen LogP contribution < -0.4 is 11.2 Å². The number of aliphatic hydroxyl groups is 2. The highest BCUT2D eigenvalue weighted by Crippen LogP contribution is 2.46. The minimum Gasteiger partial charge on any atom is -0.387 e. The first-order chi connectivity index (χ1) is 18.8. The summed E-state index contributed by atoms with van der Waals surface area (Å²) in [5.41, 5.74) is -2.81. The zero-order valence-corrected chi connectivity index (χ0v) is 21.9. The third-order valence-corrected chi connectivity index (χ3v) is 7.31. The maximum atomic E-state index is 13.6. The number of hydrogen-bond donors (Lipinski definition) is 5. The summed E-state index contributed by atoms with van der Waals surface area (Å²) in [6.07, 6.45) is -10.1. The molecule has 0 spiro atoms. The standard InChI is InChI=1S/C22H22F3N3O10P2/c23-22(24,25)16-9-13(12-4-2-1-3-5-12)8-14(26-16)10-28-17(29)6-7-27(21(28)32)20-19(31)18(30)15(37-20)11-36-40(35)38-39(33)34/h1-9,15,18-20,30-31,33-35H,10-11H2. The zero-order chi connectivity index (χ0) is 29.2. The molecule has 0 saturated carbocycles. The van der Waals surface area contributed by atoms with Crippen LogP contribution in [0, 0.1) is 0 Å². The van der Waals surface area contributed by atoms with Crippen LogP contribution in [0.4, 0.5) is 13.2 Å². The van der Waals surface area contributed by atoms with E-state index < -0.39 is 78.0 Å². The monoisotopic (exact) mass is 607 g/mol. The van der Waals surface area contributed by atoms with E-state index in [2.05, 4.69) is 9.29 Å². The van der Waals surface area contributed by atoms with Gasteiger partial charge in [-0.1, -0.05) is 30.3 Å². The fourth-order valence-electron chi connectivity index (χ4n) is 3.96. The summed E-state index contributed by atoms with van der Waals surface area (Å²) in [5, 5.41) is 20.8. The molecule has 1 fully saturated rings. The second-order valence-electron chi connectivity index (χ2n) is 8.44. The van der Waals surface area contributed by atoms with E-state index in [1.807, 2.05) is 0 Å². The summed E-state index contributed by atoms with van der Waals surface area (Å²) in [4.78, 5) is 56.4. The molecule has 5 N–H and O–H groups in total. The number of ether oxygens (including phenoxy) is 1. The SMILES string of the molecule is O=c1ccn(C2OC(COP(O)OP(O)O)C(O)C2O)c(=O)n1Cc1cc(-c2ccccc2)cc(C(F)(F)F)n1. The van der Waals surface area contributed by atoms with Crippen LogP contribution in [-0.4, -0.2) is 63.9 Å². The second-order valence-corrected chi connectivity index (χ2v) is 10.3. The molecule has 5 atom stereocenters. The molecule has 1 saturated heterocycles. The number of aliphatic hydroxyl groups excluding tert-OH is 2. The summed E-state index contributed by atoms with van der Waals surface area (Å²) in [7, 11) is -5.69. The van der Waals surface area contributed by atoms with E-state index in [9.17, 15) is 37.9 Å². The molecule has 2 aromatic heterocycles. The van der Waals surface area contributed by atoms with Crippen molar-refractivity contribution < 1.29 is 51.6 Å². The number of hydrogen-bond acceptors (Lipinski definition) is 11. The van der Waals surface area contributed by atoms with Crippen LogP contribution in [0.1, 0.15) is 17.6 Å². The number of benzene rings is 1. The summed E-state index contributed by atoms with van der Waals surface area (Å²) >= 11 is 0. The molecule has 1 aromatic carbocycles. The number of halogens is 3. The van der Waals surface area contributed by atoms with E-state index in [-0.39, 0.29) is 11.3 Å². The molecule has 1 aliphatic heterocycles. The van der Waals surface area contributed by atoms with E-state index in [0.29, 0.717) is 10.1 Å². The molecule has 0 radical (unpaired) electrons. The molecule has 0 amide bonds. The predicted octanol–water partition coefficient (Wildman–Crippen LogP) is 1.22. The fraction of sp³-hybridized carbons (Fsp3) is 0.318. The molecular formula is C22H22F3N3O10P2. The molecule has 3 heterocycles. The average Bonchev–Trinajstić information content (AvgIpc) is 3.18. The van der Waals surface area contributed by atoms with Crippen LogP contribution in [0.3, 0.4) is 0 Å². The van der Waals surface area contributed by atoms with Crippen molar-refractivity contribution in [3.8, 4) is 11.1 Å². The number of pyridine rings is 1. The molecule has 1 aliphatic rings. The van der Waals surface area contributed by atoms with Crippen LogP contribution >= 0.6 is 17.2 Å². The zero-order valence-electron chi connectivity index (χ0n) is 20.1. The fourth-order valence-corrected chi connectivity index (χ4v) is 4.93. The van der Waals surface area contributed by atoms with Crippen LogP contribution in [0.5, 0.6) is 0 Å². The van der Waals surface area contributed by atoms with Crippen molar-refractivity contribution in [2.24, 2.45) is 0 Å². The van der Waals surface area contributed by atoms with E-state index in [4.69, 9.17) is 19.0 Å². The van der Waals surface area contributed by atoms with Gasteiger partial charge in [0.25, 0.3) is 5.56 Å². The first kappa shape index (κ1) is 30.3. The van der Waals surface area contributed by atoms with Gasteiger partial charge in [0.05, 0.1) is 18.8 Å². The van der Waals surface area contributed by atoms with E-state index in [1.165, 1.54) is 6.07 Å². The van der Waals surface area contributed by atoms with Crippen LogP contribution in [0.2, 0.25) is 0 Å². The topological polar surface area (TPSA) is 186 Å². The molecule has 216 valence electrons. The number of alkyl halides is 3. The van der Waals surface area contributed by atoms with Crippen LogP contribution in [0.15, 0.2) is 64.3 Å². The van der Waals surface area contributed by atoms with E-state index in [1.54, 1.807) is 30.3 Å². The Morgan fingerprint density at radius 2 is 1.70 bits per heavy atom. The summed E-state index contributed by atoms with van der Waals surface area (Å²) in [6.45, 7) is -1.25. The summed E-state index contributed by atoms with van der Waals surface area (Å²) in [6, 6.07) is 11.2. The van der Waals surface area contributed by atoms with Crippen molar-refractivity contribution in [1.29, 1.82) is 0 Å². The van der Waals surface area contributed by atoms with E-state index in [0.717, 1.165) is 22.9 Å². The van der Waals surface area contributed by atoms with Crippen molar-refractivity contribution in [3.05, 3.63) is 87.0 Å². The van der Waals surface area contributed by atoms with Crippen LogP contribution in [-0.2, 0) is 26.3 Å². The quantitative estimate of drug-likeness (QED) is 0.220. The maximum Gasteiger partial charge on any atom is 0.433 e. The summed E-state index contributed by atoms with van der Waals surface area (Å²) < 4.78 is 56.7. The van der Waals surface area contributed by atoms with Gasteiger partial charge in [0, 0.05) is 12.3 Å². The first-order valence-corrected chi connectivity index (χ1v) is 13.6. The third kappa shape index (κ3) is 6.98. The minimum absolute atomic E-state index is 0.158. The highest BCUT2D eigenvalue weighted by molar-refractivity contribution is 7.54. The van der Waals surface area contributed by atoms with Crippen LogP contribution in [0.25, 0.3) is 11.1 Å². The Morgan fingerprint density at radius 1 is 1.00 bits per heavy atom. The smallest absolute Gasteiger partial charge is 0.387 e. The number of rotatable bonds is 9. The molecule has 18 heteroatoms. The van der Waals surface area contributed by atoms with Crippen molar-refractivity contribution in [1.82, 2.24) is 14.1 Å². The van der Waals surface area contributed by atoms with Gasteiger partial charge >= 0.3 is 29.1 Å². The van der Waals surface area contributed by atoms with Gasteiger partial charge < -0.3 is 34.2 Å². The lowest BCUT2D eigenvalue weighted by Crippen LogP contribution is -2.43. The van der Waals surface area contributed by atoms with Crippen molar-refractivity contribution >= 4 is 17.2 Å². The molecule has 13 nitrogen and oxygen atoms in total. The lowest BCUT2D eigenvalue weighted by atomic mass is 10.0. The Balaban J connectivity index is 1.63. The molecule has 4 rings (SSSR count). The molecule has 40 heavy (non-hydrogen) atoms. The second kappa shape index (κ2) is 12.5. The Bertz CT molecular complexity index is 1440. The Hall–Kier alpha value is -2.62. The molecular weight excluding hydrogens is 585 g/mol. The van der Waals surface area contributed by atoms with Gasteiger partial charge in [0.15, 0.2) is 6.23 Å². The van der Waals surface area contributed by atoms with Crippen molar-refractivity contribution in [2.75, 3.05) is 6.61 Å². The third-order valence-electron chi connectivity index (χ3n) is 5.80. The average molecular weight is 607 g/mol. The van der Waals surface area contributed by atoms with E-state index >= 15 is 0 Å². The predicted molar refractivity (Wildman–Crippen MR) is 132 cm³/mol. The molecule has 3 aromatic rings. The lowest BCUT2D eigenvalue weighted by molar-refractivity contribution is -0.141. The Labute approximate surface area is 225 Å². The lowest BCUT2D eigenvalue weighted by Gasteiger charge is -2.19. The highest BCUT2D eigenvalue weighted by Gasteiger charge is 2.45. The van der Waals surface area contributed by atoms with Gasteiger partial charge in [0.1, 0.15) is 24.0 Å². The minimum atomic E-state index is -4.81. The normalized spacial score (nSPS) is 22.1. The molecule has 0 bridgehead atoms. The Kier molecular flexibility index (Phi) is 9.47. The van der Waals surface area contributed by atoms with Gasteiger partial charge in [-0.2, -0.15) is 13.2 Å². The molecule has 5 unspecified atom stereocenters. The first-order valence-electron chi connectivity index (χ1n) is 11.3. The van der Waals surface area contributed by atoms with Crippen molar-refractivity contribution in [2.45, 2.75) is 37.3 Å². The van der Waals surface area contributed by atoms with Gasteiger partial charge in [-0.05, 0) is 23.3 Å². The number of nitrogens with zero attached hydrogens (tertiary/aromatic N) is 3. The largest absolute Gasteiger partial charge is 0.433 e. The highest BCUT2D eigenvalue weighted by atomic mass is 31.2. The summed E-state index contributed by atoms with van der Waals surface area (Å²) in [5.74, 6) is 0. The van der Waals surface area contributed by atoms with Gasteiger partial charge in [-0.25, -0.2) is 14.1 Å². The van der Waals surface area contributed by atoms with Gasteiger partial charge in [-0.3, -0.25) is 13.9 Å². The maximum absolute atomic E-state index is 13.6. The van der Waals surface area contributed by atoms with Crippen molar-refractivity contribution in [3.63, 3.8) is 0 Å². The van der Waals surface area contributed by atoms with Gasteiger partial charge in [0.2, 0.25) is 0 Å². The Morgan fingerprint density at radius 3 is 2.35 bits per heavy atom. The number of aromatic nitrogens is 3. The van der Waals surface area contributed by atoms with Gasteiger partial charge in [-0.15, -0.1) is 0 Å².